The van der Waals surface area contributed by atoms with Gasteiger partial charge in [0, 0.05) is 26.1 Å². The summed E-state index contributed by atoms with van der Waals surface area (Å²) in [5.74, 6) is -1.42. The van der Waals surface area contributed by atoms with Crippen LogP contribution in [0.1, 0.15) is 31.4 Å². The summed E-state index contributed by atoms with van der Waals surface area (Å²) in [7, 11) is 0. The standard InChI is InChI=1S/C19H24N2O5/c1-13(14-5-3-2-4-6-14)21-11-15(9-17(21)22)19(25)20-7-8-26-16(12-20)10-18(23)24/h2-6,13,15-16H,7-12H2,1H3,(H,23,24). The van der Waals surface area contributed by atoms with Crippen LogP contribution in [0.2, 0.25) is 0 Å². The lowest BCUT2D eigenvalue weighted by molar-refractivity contribution is -0.149. The number of carbonyl (C=O) groups is 3. The summed E-state index contributed by atoms with van der Waals surface area (Å²) < 4.78 is 5.42. The second-order valence-corrected chi connectivity index (χ2v) is 6.91. The average Bonchev–Trinajstić information content (AvgIpc) is 3.02. The maximum atomic E-state index is 12.8. The highest BCUT2D eigenvalue weighted by Crippen LogP contribution is 2.29. The van der Waals surface area contributed by atoms with E-state index in [0.717, 1.165) is 5.56 Å². The maximum Gasteiger partial charge on any atom is 0.306 e. The second-order valence-electron chi connectivity index (χ2n) is 6.91. The zero-order chi connectivity index (χ0) is 18.7. The molecule has 3 unspecified atom stereocenters. The van der Waals surface area contributed by atoms with Crippen molar-refractivity contribution >= 4 is 17.8 Å². The minimum absolute atomic E-state index is 0.0185. The van der Waals surface area contributed by atoms with Gasteiger partial charge in [0.1, 0.15) is 0 Å². The number of likely N-dealkylation sites (tertiary alicyclic amines) is 1. The van der Waals surface area contributed by atoms with Crippen LogP contribution in [0.25, 0.3) is 0 Å². The van der Waals surface area contributed by atoms with Crippen molar-refractivity contribution < 1.29 is 24.2 Å². The van der Waals surface area contributed by atoms with Gasteiger partial charge in [-0.2, -0.15) is 0 Å². The summed E-state index contributed by atoms with van der Waals surface area (Å²) in [6.45, 7) is 3.40. The SMILES string of the molecule is CC(c1ccccc1)N1CC(C(=O)N2CCOC(CC(=O)O)C2)CC1=O. The number of ether oxygens (including phenoxy) is 1. The molecule has 0 aromatic heterocycles. The fourth-order valence-electron chi connectivity index (χ4n) is 3.68. The van der Waals surface area contributed by atoms with E-state index in [4.69, 9.17) is 9.84 Å². The van der Waals surface area contributed by atoms with Gasteiger partial charge in [-0.25, -0.2) is 0 Å². The number of benzene rings is 1. The monoisotopic (exact) mass is 360 g/mol. The van der Waals surface area contributed by atoms with Crippen molar-refractivity contribution in [3.63, 3.8) is 0 Å². The maximum absolute atomic E-state index is 12.8. The number of carboxylic acids is 1. The molecule has 0 radical (unpaired) electrons. The third-order valence-corrected chi connectivity index (χ3v) is 5.11. The molecule has 26 heavy (non-hydrogen) atoms. The number of nitrogens with zero attached hydrogens (tertiary/aromatic N) is 2. The summed E-state index contributed by atoms with van der Waals surface area (Å²) in [5, 5.41) is 8.91. The minimum Gasteiger partial charge on any atom is -0.481 e. The van der Waals surface area contributed by atoms with E-state index in [1.165, 1.54) is 0 Å². The number of hydrogen-bond acceptors (Lipinski definition) is 4. The van der Waals surface area contributed by atoms with Crippen LogP contribution in [0.15, 0.2) is 30.3 Å². The van der Waals surface area contributed by atoms with E-state index < -0.39 is 12.1 Å². The Hall–Kier alpha value is -2.41. The van der Waals surface area contributed by atoms with Crippen molar-refractivity contribution in [2.24, 2.45) is 5.92 Å². The number of carbonyl (C=O) groups excluding carboxylic acids is 2. The van der Waals surface area contributed by atoms with Gasteiger partial charge >= 0.3 is 5.97 Å². The van der Waals surface area contributed by atoms with Gasteiger partial charge in [-0.1, -0.05) is 30.3 Å². The number of amides is 2. The summed E-state index contributed by atoms with van der Waals surface area (Å²) in [6, 6.07) is 9.68. The highest BCUT2D eigenvalue weighted by Gasteiger charge is 2.39. The molecule has 2 amide bonds. The molecule has 2 saturated heterocycles. The highest BCUT2D eigenvalue weighted by molar-refractivity contribution is 5.89. The van der Waals surface area contributed by atoms with E-state index in [1.54, 1.807) is 9.80 Å². The van der Waals surface area contributed by atoms with E-state index in [2.05, 4.69) is 0 Å². The van der Waals surface area contributed by atoms with Gasteiger partial charge < -0.3 is 19.6 Å². The lowest BCUT2D eigenvalue weighted by atomic mass is 10.1. The molecule has 2 aliphatic rings. The summed E-state index contributed by atoms with van der Waals surface area (Å²) in [5.41, 5.74) is 1.04. The fourth-order valence-corrected chi connectivity index (χ4v) is 3.68. The Labute approximate surface area is 152 Å². The predicted octanol–water partition coefficient (Wildman–Crippen LogP) is 1.30. The molecule has 2 heterocycles. The number of morpholine rings is 1. The number of rotatable bonds is 5. The molecule has 3 rings (SSSR count). The van der Waals surface area contributed by atoms with E-state index in [-0.39, 0.29) is 43.2 Å². The lowest BCUT2D eigenvalue weighted by Gasteiger charge is -2.34. The smallest absolute Gasteiger partial charge is 0.306 e. The van der Waals surface area contributed by atoms with Crippen LogP contribution in [0.5, 0.6) is 0 Å². The van der Waals surface area contributed by atoms with E-state index in [1.807, 2.05) is 37.3 Å². The first-order chi connectivity index (χ1) is 12.5. The molecule has 3 atom stereocenters. The molecule has 1 N–H and O–H groups in total. The molecule has 0 saturated carbocycles. The zero-order valence-electron chi connectivity index (χ0n) is 14.8. The van der Waals surface area contributed by atoms with Crippen molar-refractivity contribution in [3.05, 3.63) is 35.9 Å². The number of aliphatic carboxylic acids is 1. The minimum atomic E-state index is -0.941. The van der Waals surface area contributed by atoms with Crippen LogP contribution < -0.4 is 0 Å². The molecule has 2 aliphatic heterocycles. The summed E-state index contributed by atoms with van der Waals surface area (Å²) in [6.07, 6.45) is -0.400. The first kappa shape index (κ1) is 18.4. The second kappa shape index (κ2) is 7.86. The van der Waals surface area contributed by atoms with Crippen molar-refractivity contribution in [2.75, 3.05) is 26.2 Å². The molecule has 140 valence electrons. The Balaban J connectivity index is 1.62. The first-order valence-electron chi connectivity index (χ1n) is 8.92. The molecule has 0 bridgehead atoms. The van der Waals surface area contributed by atoms with Crippen LogP contribution in [-0.4, -0.2) is 65.0 Å². The van der Waals surface area contributed by atoms with Gasteiger partial charge in [0.05, 0.1) is 31.1 Å². The molecule has 2 fully saturated rings. The zero-order valence-corrected chi connectivity index (χ0v) is 14.8. The largest absolute Gasteiger partial charge is 0.481 e. The lowest BCUT2D eigenvalue weighted by Crippen LogP contribution is -2.48. The first-order valence-corrected chi connectivity index (χ1v) is 8.92. The van der Waals surface area contributed by atoms with Gasteiger partial charge in [-0.15, -0.1) is 0 Å². The van der Waals surface area contributed by atoms with Crippen LogP contribution in [0, 0.1) is 5.92 Å². The molecule has 0 spiro atoms. The Kier molecular flexibility index (Phi) is 5.56. The normalized spacial score (nSPS) is 24.6. The van der Waals surface area contributed by atoms with Gasteiger partial charge in [-0.05, 0) is 12.5 Å². The van der Waals surface area contributed by atoms with Crippen molar-refractivity contribution in [1.82, 2.24) is 9.80 Å². The summed E-state index contributed by atoms with van der Waals surface area (Å²) in [4.78, 5) is 39.5. The van der Waals surface area contributed by atoms with Crippen LogP contribution in [-0.2, 0) is 19.1 Å². The predicted molar refractivity (Wildman–Crippen MR) is 93.2 cm³/mol. The Bertz CT molecular complexity index is 678. The molecular formula is C19H24N2O5. The van der Waals surface area contributed by atoms with Crippen molar-refractivity contribution in [2.45, 2.75) is 31.9 Å². The quantitative estimate of drug-likeness (QED) is 0.855. The molecule has 0 aliphatic carbocycles. The van der Waals surface area contributed by atoms with Gasteiger partial charge in [0.15, 0.2) is 0 Å². The molecule has 1 aromatic carbocycles. The number of carboxylic acid groups (broad SMARTS) is 1. The van der Waals surface area contributed by atoms with Gasteiger partial charge in [0.2, 0.25) is 11.8 Å². The molecular weight excluding hydrogens is 336 g/mol. The van der Waals surface area contributed by atoms with Crippen molar-refractivity contribution in [3.8, 4) is 0 Å². The summed E-state index contributed by atoms with van der Waals surface area (Å²) >= 11 is 0. The van der Waals surface area contributed by atoms with E-state index in [0.29, 0.717) is 19.7 Å². The Morgan fingerprint density at radius 2 is 2.00 bits per heavy atom. The van der Waals surface area contributed by atoms with E-state index >= 15 is 0 Å². The van der Waals surface area contributed by atoms with Crippen LogP contribution in [0.4, 0.5) is 0 Å². The topological polar surface area (TPSA) is 87.2 Å². The van der Waals surface area contributed by atoms with Gasteiger partial charge in [0.25, 0.3) is 0 Å². The van der Waals surface area contributed by atoms with Gasteiger partial charge in [-0.3, -0.25) is 14.4 Å². The van der Waals surface area contributed by atoms with Crippen LogP contribution in [0.3, 0.4) is 0 Å². The number of hydrogen-bond donors (Lipinski definition) is 1. The molecule has 7 nitrogen and oxygen atoms in total. The third-order valence-electron chi connectivity index (χ3n) is 5.11. The van der Waals surface area contributed by atoms with E-state index in [9.17, 15) is 14.4 Å². The Morgan fingerprint density at radius 3 is 2.69 bits per heavy atom. The fraction of sp³-hybridized carbons (Fsp3) is 0.526. The third kappa shape index (κ3) is 4.04. The highest BCUT2D eigenvalue weighted by atomic mass is 16.5. The Morgan fingerprint density at radius 1 is 1.27 bits per heavy atom. The average molecular weight is 360 g/mol. The molecule has 7 heteroatoms. The molecule has 1 aromatic rings. The van der Waals surface area contributed by atoms with Crippen molar-refractivity contribution in [1.29, 1.82) is 0 Å². The van der Waals surface area contributed by atoms with Crippen LogP contribution >= 0.6 is 0 Å².